The molecule has 1 amide bonds. The van der Waals surface area contributed by atoms with Crippen LogP contribution in [0.5, 0.6) is 5.75 Å². The van der Waals surface area contributed by atoms with Gasteiger partial charge in [0.2, 0.25) is 5.91 Å². The van der Waals surface area contributed by atoms with Crippen LogP contribution < -0.4 is 9.64 Å². The Morgan fingerprint density at radius 1 is 1.00 bits per heavy atom. The van der Waals surface area contributed by atoms with Crippen molar-refractivity contribution in [1.29, 1.82) is 0 Å². The Morgan fingerprint density at radius 2 is 1.74 bits per heavy atom. The van der Waals surface area contributed by atoms with Crippen LogP contribution in [0, 0.1) is 20.8 Å². The van der Waals surface area contributed by atoms with Crippen molar-refractivity contribution >= 4 is 11.7 Å². The van der Waals surface area contributed by atoms with Crippen LogP contribution in [0.4, 0.5) is 5.82 Å². The standard InChI is InChI=1S/C23H28N6O2/c1-16-11-19(5-6-20(16)31-4)12-23(30)28-9-7-27(8-10-28)21-13-22(25-14-24-21)29-15-26-17(2)18(29)3/h5-6,11,13-15H,7-10,12H2,1-4H3. The van der Waals surface area contributed by atoms with Crippen LogP contribution in [0.2, 0.25) is 0 Å². The SMILES string of the molecule is COc1ccc(CC(=O)N2CCN(c3cc(-n4cnc(C)c4C)ncn3)CC2)cc1C. The van der Waals surface area contributed by atoms with Gasteiger partial charge in [-0.25, -0.2) is 15.0 Å². The molecule has 1 fully saturated rings. The second-order valence-corrected chi connectivity index (χ2v) is 7.87. The highest BCUT2D eigenvalue weighted by Gasteiger charge is 2.22. The van der Waals surface area contributed by atoms with Gasteiger partial charge in [0.1, 0.15) is 30.0 Å². The zero-order valence-electron chi connectivity index (χ0n) is 18.5. The van der Waals surface area contributed by atoms with E-state index in [1.165, 1.54) is 0 Å². The molecule has 3 heterocycles. The van der Waals surface area contributed by atoms with Crippen molar-refractivity contribution in [2.24, 2.45) is 0 Å². The van der Waals surface area contributed by atoms with Gasteiger partial charge in [-0.3, -0.25) is 9.36 Å². The molecule has 0 saturated carbocycles. The summed E-state index contributed by atoms with van der Waals surface area (Å²) < 4.78 is 7.27. The molecule has 0 N–H and O–H groups in total. The van der Waals surface area contributed by atoms with E-state index in [-0.39, 0.29) is 5.91 Å². The Bertz CT molecular complexity index is 1090. The van der Waals surface area contributed by atoms with Gasteiger partial charge in [0.15, 0.2) is 0 Å². The van der Waals surface area contributed by atoms with Crippen LogP contribution in [0.15, 0.2) is 36.9 Å². The molecule has 3 aromatic rings. The quantitative estimate of drug-likeness (QED) is 0.631. The maximum absolute atomic E-state index is 12.8. The number of amides is 1. The average Bonchev–Trinajstić information content (AvgIpc) is 3.12. The summed E-state index contributed by atoms with van der Waals surface area (Å²) in [7, 11) is 1.66. The first kappa shape index (κ1) is 20.8. The van der Waals surface area contributed by atoms with Gasteiger partial charge in [0.25, 0.3) is 0 Å². The number of methoxy groups -OCH3 is 1. The Hall–Kier alpha value is -3.42. The van der Waals surface area contributed by atoms with E-state index in [0.29, 0.717) is 19.5 Å². The fourth-order valence-corrected chi connectivity index (χ4v) is 3.89. The summed E-state index contributed by atoms with van der Waals surface area (Å²) in [5.74, 6) is 2.66. The van der Waals surface area contributed by atoms with Crippen LogP contribution in [-0.4, -0.2) is 63.6 Å². The van der Waals surface area contributed by atoms with Gasteiger partial charge in [-0.2, -0.15) is 0 Å². The predicted molar refractivity (Wildman–Crippen MR) is 119 cm³/mol. The lowest BCUT2D eigenvalue weighted by atomic mass is 10.1. The fourth-order valence-electron chi connectivity index (χ4n) is 3.89. The molecular formula is C23H28N6O2. The molecular weight excluding hydrogens is 392 g/mol. The monoisotopic (exact) mass is 420 g/mol. The third-order valence-electron chi connectivity index (χ3n) is 5.91. The third-order valence-corrected chi connectivity index (χ3v) is 5.91. The van der Waals surface area contributed by atoms with Crippen LogP contribution in [-0.2, 0) is 11.2 Å². The number of rotatable bonds is 5. The molecule has 1 saturated heterocycles. The van der Waals surface area contributed by atoms with E-state index in [1.807, 2.05) is 54.5 Å². The summed E-state index contributed by atoms with van der Waals surface area (Å²) in [6.07, 6.45) is 3.78. The van der Waals surface area contributed by atoms with Crippen molar-refractivity contribution < 1.29 is 9.53 Å². The van der Waals surface area contributed by atoms with Gasteiger partial charge in [-0.15, -0.1) is 0 Å². The fraction of sp³-hybridized carbons (Fsp3) is 0.391. The molecule has 31 heavy (non-hydrogen) atoms. The Kier molecular flexibility index (Phi) is 5.88. The number of ether oxygens (including phenoxy) is 1. The minimum atomic E-state index is 0.150. The average molecular weight is 421 g/mol. The number of benzene rings is 1. The lowest BCUT2D eigenvalue weighted by molar-refractivity contribution is -0.130. The Labute approximate surface area is 182 Å². The molecule has 0 aliphatic carbocycles. The summed E-state index contributed by atoms with van der Waals surface area (Å²) in [6.45, 7) is 8.84. The molecule has 0 radical (unpaired) electrons. The summed E-state index contributed by atoms with van der Waals surface area (Å²) in [5.41, 5.74) is 4.10. The Balaban J connectivity index is 1.38. The Morgan fingerprint density at radius 3 is 2.39 bits per heavy atom. The second-order valence-electron chi connectivity index (χ2n) is 7.87. The highest BCUT2D eigenvalue weighted by Crippen LogP contribution is 2.21. The van der Waals surface area contributed by atoms with E-state index in [1.54, 1.807) is 19.8 Å². The van der Waals surface area contributed by atoms with Gasteiger partial charge < -0.3 is 14.5 Å². The number of carbonyl (C=O) groups excluding carboxylic acids is 1. The summed E-state index contributed by atoms with van der Waals surface area (Å²) >= 11 is 0. The molecule has 1 aromatic carbocycles. The predicted octanol–water partition coefficient (Wildman–Crippen LogP) is 2.49. The minimum Gasteiger partial charge on any atom is -0.496 e. The first-order valence-corrected chi connectivity index (χ1v) is 10.5. The van der Waals surface area contributed by atoms with Crippen molar-refractivity contribution in [3.05, 3.63) is 59.4 Å². The number of imidazole rings is 1. The zero-order valence-corrected chi connectivity index (χ0v) is 18.5. The molecule has 8 nitrogen and oxygen atoms in total. The maximum atomic E-state index is 12.8. The largest absolute Gasteiger partial charge is 0.496 e. The van der Waals surface area contributed by atoms with Crippen molar-refractivity contribution in [2.75, 3.05) is 38.2 Å². The molecule has 8 heteroatoms. The van der Waals surface area contributed by atoms with Crippen LogP contribution in [0.1, 0.15) is 22.5 Å². The van der Waals surface area contributed by atoms with Crippen LogP contribution >= 0.6 is 0 Å². The number of carbonyl (C=O) groups is 1. The molecule has 1 aliphatic heterocycles. The van der Waals surface area contributed by atoms with E-state index >= 15 is 0 Å². The number of nitrogens with zero attached hydrogens (tertiary/aromatic N) is 6. The molecule has 0 bridgehead atoms. The van der Waals surface area contributed by atoms with Gasteiger partial charge >= 0.3 is 0 Å². The highest BCUT2D eigenvalue weighted by atomic mass is 16.5. The molecule has 1 aliphatic rings. The first-order valence-electron chi connectivity index (χ1n) is 10.5. The summed E-state index contributed by atoms with van der Waals surface area (Å²) in [6, 6.07) is 7.88. The van der Waals surface area contributed by atoms with Gasteiger partial charge in [0, 0.05) is 37.9 Å². The van der Waals surface area contributed by atoms with Crippen LogP contribution in [0.3, 0.4) is 0 Å². The zero-order chi connectivity index (χ0) is 22.0. The molecule has 162 valence electrons. The lowest BCUT2D eigenvalue weighted by Gasteiger charge is -2.35. The minimum absolute atomic E-state index is 0.150. The number of aryl methyl sites for hydroxylation is 2. The maximum Gasteiger partial charge on any atom is 0.227 e. The van der Waals surface area contributed by atoms with E-state index in [2.05, 4.69) is 19.9 Å². The van der Waals surface area contributed by atoms with Crippen molar-refractivity contribution in [1.82, 2.24) is 24.4 Å². The normalized spacial score (nSPS) is 14.1. The van der Waals surface area contributed by atoms with Crippen molar-refractivity contribution in [2.45, 2.75) is 27.2 Å². The van der Waals surface area contributed by atoms with Gasteiger partial charge in [-0.05, 0) is 38.0 Å². The third kappa shape index (κ3) is 4.38. The molecule has 0 spiro atoms. The van der Waals surface area contributed by atoms with Crippen molar-refractivity contribution in [3.8, 4) is 11.6 Å². The van der Waals surface area contributed by atoms with Crippen molar-refractivity contribution in [3.63, 3.8) is 0 Å². The van der Waals surface area contributed by atoms with E-state index in [4.69, 9.17) is 4.74 Å². The van der Waals surface area contributed by atoms with Gasteiger partial charge in [-0.1, -0.05) is 12.1 Å². The van der Waals surface area contributed by atoms with Crippen LogP contribution in [0.25, 0.3) is 5.82 Å². The molecule has 4 rings (SSSR count). The number of aromatic nitrogens is 4. The number of anilines is 1. The smallest absolute Gasteiger partial charge is 0.227 e. The molecule has 2 aromatic heterocycles. The number of hydrogen-bond acceptors (Lipinski definition) is 6. The highest BCUT2D eigenvalue weighted by molar-refractivity contribution is 5.79. The van der Waals surface area contributed by atoms with Gasteiger partial charge in [0.05, 0.1) is 19.2 Å². The lowest BCUT2D eigenvalue weighted by Crippen LogP contribution is -2.49. The topological polar surface area (TPSA) is 76.4 Å². The molecule has 0 atom stereocenters. The summed E-state index contributed by atoms with van der Waals surface area (Å²) in [4.78, 5) is 30.1. The second kappa shape index (κ2) is 8.75. The number of hydrogen-bond donors (Lipinski definition) is 0. The van der Waals surface area contributed by atoms with E-state index < -0.39 is 0 Å². The van der Waals surface area contributed by atoms with E-state index in [0.717, 1.165) is 53.0 Å². The molecule has 0 unspecified atom stereocenters. The van der Waals surface area contributed by atoms with E-state index in [9.17, 15) is 4.79 Å². The number of piperazine rings is 1. The summed E-state index contributed by atoms with van der Waals surface area (Å²) in [5, 5.41) is 0. The first-order chi connectivity index (χ1) is 15.0.